The first kappa shape index (κ1) is 15.6. The minimum atomic E-state index is -3.37. The highest BCUT2D eigenvalue weighted by Crippen LogP contribution is 2.25. The Hall–Kier alpha value is -0.490. The molecule has 0 saturated carbocycles. The van der Waals surface area contributed by atoms with Gasteiger partial charge in [0.05, 0.1) is 21.5 Å². The van der Waals surface area contributed by atoms with Crippen LogP contribution in [0.4, 0.5) is 5.69 Å². The van der Waals surface area contributed by atoms with Crippen LogP contribution in [0, 0.1) is 0 Å². The summed E-state index contributed by atoms with van der Waals surface area (Å²) in [6, 6.07) is 4.86. The van der Waals surface area contributed by atoms with Gasteiger partial charge in [-0.05, 0) is 18.2 Å². The predicted molar refractivity (Wildman–Crippen MR) is 77.0 cm³/mol. The first-order chi connectivity index (χ1) is 8.30. The maximum atomic E-state index is 11.8. The van der Waals surface area contributed by atoms with Crippen LogP contribution < -0.4 is 10.0 Å². The number of sulfonamides is 1. The van der Waals surface area contributed by atoms with Crippen LogP contribution >= 0.6 is 23.2 Å². The summed E-state index contributed by atoms with van der Waals surface area (Å²) in [5.74, 6) is 0.00538. The van der Waals surface area contributed by atoms with Gasteiger partial charge in [0.15, 0.2) is 0 Å². The van der Waals surface area contributed by atoms with Crippen molar-refractivity contribution in [1.29, 1.82) is 0 Å². The van der Waals surface area contributed by atoms with Crippen LogP contribution in [0.5, 0.6) is 0 Å². The second kappa shape index (κ2) is 6.61. The quantitative estimate of drug-likeness (QED) is 0.849. The predicted octanol–water partition coefficient (Wildman–Crippen LogP) is 2.73. The summed E-state index contributed by atoms with van der Waals surface area (Å²) in [5, 5.41) is 3.75. The highest BCUT2D eigenvalue weighted by atomic mass is 35.5. The number of hydrogen-bond acceptors (Lipinski definition) is 3. The van der Waals surface area contributed by atoms with Gasteiger partial charge in [0.2, 0.25) is 10.0 Å². The van der Waals surface area contributed by atoms with Gasteiger partial charge in [-0.2, -0.15) is 0 Å². The molecule has 0 aliphatic heterocycles. The van der Waals surface area contributed by atoms with E-state index < -0.39 is 10.0 Å². The van der Waals surface area contributed by atoms with Crippen molar-refractivity contribution in [1.82, 2.24) is 5.32 Å². The zero-order valence-electron chi connectivity index (χ0n) is 10.2. The van der Waals surface area contributed by atoms with Crippen LogP contribution in [0.3, 0.4) is 0 Å². The van der Waals surface area contributed by atoms with Crippen molar-refractivity contribution in [2.24, 2.45) is 0 Å². The maximum absolute atomic E-state index is 11.8. The standard InChI is InChI=1S/C11H16Cl2N2O2S/c1-8(2)14-5-6-18(16,17)15-9-3-4-10(12)11(13)7-9/h3-4,7-8,14-15H,5-6H2,1-2H3. The third-order valence-electron chi connectivity index (χ3n) is 2.12. The molecule has 4 nitrogen and oxygen atoms in total. The number of anilines is 1. The minimum absolute atomic E-state index is 0.00538. The molecule has 18 heavy (non-hydrogen) atoms. The SMILES string of the molecule is CC(C)NCCS(=O)(=O)Nc1ccc(Cl)c(Cl)c1. The molecule has 0 bridgehead atoms. The Balaban J connectivity index is 2.62. The number of benzene rings is 1. The van der Waals surface area contributed by atoms with Crippen molar-refractivity contribution in [2.45, 2.75) is 19.9 Å². The van der Waals surface area contributed by atoms with E-state index in [1.807, 2.05) is 13.8 Å². The van der Waals surface area contributed by atoms with Crippen LogP contribution in [0.1, 0.15) is 13.8 Å². The molecule has 0 heterocycles. The summed E-state index contributed by atoms with van der Waals surface area (Å²) in [4.78, 5) is 0. The number of nitrogens with one attached hydrogen (secondary N) is 2. The zero-order valence-corrected chi connectivity index (χ0v) is 12.5. The summed E-state index contributed by atoms with van der Waals surface area (Å²) in [7, 11) is -3.37. The van der Waals surface area contributed by atoms with Crippen LogP contribution in [0.15, 0.2) is 18.2 Å². The van der Waals surface area contributed by atoms with Gasteiger partial charge in [0, 0.05) is 12.6 Å². The van der Waals surface area contributed by atoms with Crippen molar-refractivity contribution in [2.75, 3.05) is 17.0 Å². The Kier molecular flexibility index (Phi) is 5.72. The molecule has 0 fully saturated rings. The van der Waals surface area contributed by atoms with E-state index >= 15 is 0 Å². The molecule has 2 N–H and O–H groups in total. The Labute approximate surface area is 118 Å². The molecule has 1 aromatic rings. The molecule has 0 aromatic heterocycles. The Morgan fingerprint density at radius 2 is 1.89 bits per heavy atom. The number of rotatable bonds is 6. The second-order valence-corrected chi connectivity index (χ2v) is 6.81. The van der Waals surface area contributed by atoms with Gasteiger partial charge in [0.1, 0.15) is 0 Å². The minimum Gasteiger partial charge on any atom is -0.313 e. The molecule has 1 rings (SSSR count). The largest absolute Gasteiger partial charge is 0.313 e. The molecule has 0 aliphatic rings. The molecule has 0 saturated heterocycles. The van der Waals surface area contributed by atoms with Crippen molar-refractivity contribution in [3.63, 3.8) is 0 Å². The van der Waals surface area contributed by atoms with E-state index in [1.54, 1.807) is 12.1 Å². The lowest BCUT2D eigenvalue weighted by Gasteiger charge is -2.11. The van der Waals surface area contributed by atoms with E-state index in [0.29, 0.717) is 22.3 Å². The molecule has 0 radical (unpaired) electrons. The lowest BCUT2D eigenvalue weighted by Crippen LogP contribution is -2.30. The highest BCUT2D eigenvalue weighted by molar-refractivity contribution is 7.92. The van der Waals surface area contributed by atoms with Gasteiger partial charge in [-0.15, -0.1) is 0 Å². The van der Waals surface area contributed by atoms with Gasteiger partial charge >= 0.3 is 0 Å². The van der Waals surface area contributed by atoms with E-state index in [4.69, 9.17) is 23.2 Å². The third kappa shape index (κ3) is 5.44. The molecule has 0 atom stereocenters. The Morgan fingerprint density at radius 3 is 2.44 bits per heavy atom. The molecule has 7 heteroatoms. The Bertz CT molecular complexity index is 504. The summed E-state index contributed by atoms with van der Waals surface area (Å²) < 4.78 is 26.0. The fraction of sp³-hybridized carbons (Fsp3) is 0.455. The van der Waals surface area contributed by atoms with E-state index in [2.05, 4.69) is 10.0 Å². The van der Waals surface area contributed by atoms with Gasteiger partial charge in [-0.3, -0.25) is 4.72 Å². The number of hydrogen-bond donors (Lipinski definition) is 2. The summed E-state index contributed by atoms with van der Waals surface area (Å²) >= 11 is 11.6. The van der Waals surface area contributed by atoms with Crippen LogP contribution in [0.2, 0.25) is 10.0 Å². The molecule has 0 amide bonds. The average Bonchev–Trinajstić information content (AvgIpc) is 2.22. The van der Waals surface area contributed by atoms with E-state index in [-0.39, 0.29) is 11.8 Å². The third-order valence-corrected chi connectivity index (χ3v) is 4.14. The fourth-order valence-electron chi connectivity index (χ4n) is 1.27. The average molecular weight is 311 g/mol. The lowest BCUT2D eigenvalue weighted by atomic mass is 10.3. The molecular formula is C11H16Cl2N2O2S. The van der Waals surface area contributed by atoms with Crippen molar-refractivity contribution in [3.8, 4) is 0 Å². The molecule has 102 valence electrons. The van der Waals surface area contributed by atoms with Gasteiger partial charge in [-0.25, -0.2) is 8.42 Å². The van der Waals surface area contributed by atoms with Crippen molar-refractivity contribution in [3.05, 3.63) is 28.2 Å². The molecule has 0 spiro atoms. The van der Waals surface area contributed by atoms with Gasteiger partial charge < -0.3 is 5.32 Å². The topological polar surface area (TPSA) is 58.2 Å². The summed E-state index contributed by atoms with van der Waals surface area (Å²) in [6.07, 6.45) is 0. The van der Waals surface area contributed by atoms with Crippen LogP contribution in [-0.4, -0.2) is 26.8 Å². The van der Waals surface area contributed by atoms with E-state index in [1.165, 1.54) is 6.07 Å². The molecule has 1 aromatic carbocycles. The van der Waals surface area contributed by atoms with E-state index in [0.717, 1.165) is 0 Å². The van der Waals surface area contributed by atoms with Crippen LogP contribution in [0.25, 0.3) is 0 Å². The van der Waals surface area contributed by atoms with E-state index in [9.17, 15) is 8.42 Å². The van der Waals surface area contributed by atoms with Crippen LogP contribution in [-0.2, 0) is 10.0 Å². The normalized spacial score (nSPS) is 11.8. The first-order valence-corrected chi connectivity index (χ1v) is 7.90. The first-order valence-electron chi connectivity index (χ1n) is 5.49. The monoisotopic (exact) mass is 310 g/mol. The molecule has 0 unspecified atom stereocenters. The maximum Gasteiger partial charge on any atom is 0.233 e. The second-order valence-electron chi connectivity index (χ2n) is 4.16. The molecular weight excluding hydrogens is 295 g/mol. The smallest absolute Gasteiger partial charge is 0.233 e. The van der Waals surface area contributed by atoms with Crippen molar-refractivity contribution >= 4 is 38.9 Å². The zero-order chi connectivity index (χ0) is 13.8. The summed E-state index contributed by atoms with van der Waals surface area (Å²) in [5.41, 5.74) is 0.411. The highest BCUT2D eigenvalue weighted by Gasteiger charge is 2.11. The lowest BCUT2D eigenvalue weighted by molar-refractivity contribution is 0.582. The fourth-order valence-corrected chi connectivity index (χ4v) is 2.54. The van der Waals surface area contributed by atoms with Gasteiger partial charge in [0.25, 0.3) is 0 Å². The molecule has 0 aliphatic carbocycles. The van der Waals surface area contributed by atoms with Gasteiger partial charge in [-0.1, -0.05) is 37.0 Å². The van der Waals surface area contributed by atoms with Crippen molar-refractivity contribution < 1.29 is 8.42 Å². The summed E-state index contributed by atoms with van der Waals surface area (Å²) in [6.45, 7) is 4.31. The Morgan fingerprint density at radius 1 is 1.22 bits per heavy atom. The number of halogens is 2.